The molecule has 2 aliphatic carbocycles. The van der Waals surface area contributed by atoms with Crippen LogP contribution in [0.3, 0.4) is 0 Å². The van der Waals surface area contributed by atoms with Gasteiger partial charge in [-0.3, -0.25) is 4.98 Å². The Labute approximate surface area is 290 Å². The van der Waals surface area contributed by atoms with Gasteiger partial charge in [0, 0.05) is 40.9 Å². The average molecular weight is 680 g/mol. The SMILES string of the molecule is COc1ccccc1C(=O)O[C@H]1CC2[C@](C)(CC[C@@H]3OC(c4ccccc4)OC[C@@]23C)C2[C@@H](O)c3c(cc(-c4cccnc4)oc3=O)O[C@@]21C. The topological polar surface area (TPSA) is 127 Å². The number of methoxy groups -OCH3 is 1. The number of nitrogens with zero attached hydrogens (tertiary/aromatic N) is 1. The number of hydrogen-bond acceptors (Lipinski definition) is 10. The van der Waals surface area contributed by atoms with Crippen molar-refractivity contribution in [3.63, 3.8) is 0 Å². The van der Waals surface area contributed by atoms with Gasteiger partial charge in [0.05, 0.1) is 25.9 Å². The van der Waals surface area contributed by atoms with Crippen molar-refractivity contribution in [2.45, 2.75) is 70.2 Å². The summed E-state index contributed by atoms with van der Waals surface area (Å²) in [6.45, 7) is 6.61. The number of fused-ring (bicyclic) bond motifs is 6. The molecule has 0 radical (unpaired) electrons. The van der Waals surface area contributed by atoms with Crippen LogP contribution in [0.1, 0.15) is 73.9 Å². The van der Waals surface area contributed by atoms with Crippen LogP contribution in [0.5, 0.6) is 11.5 Å². The summed E-state index contributed by atoms with van der Waals surface area (Å²) in [4.78, 5) is 31.9. The minimum Gasteiger partial charge on any atom is -0.496 e. The summed E-state index contributed by atoms with van der Waals surface area (Å²) in [5.41, 5.74) is -1.13. The van der Waals surface area contributed by atoms with E-state index in [0.29, 0.717) is 37.2 Å². The molecule has 260 valence electrons. The molecule has 4 aliphatic rings. The quantitative estimate of drug-likeness (QED) is 0.228. The molecule has 8 rings (SSSR count). The zero-order valence-electron chi connectivity index (χ0n) is 28.5. The largest absolute Gasteiger partial charge is 0.496 e. The Morgan fingerprint density at radius 3 is 2.54 bits per heavy atom. The maximum absolute atomic E-state index is 14.0. The van der Waals surface area contributed by atoms with Crippen molar-refractivity contribution in [2.24, 2.45) is 22.7 Å². The Hall–Kier alpha value is -4.51. The summed E-state index contributed by atoms with van der Waals surface area (Å²) in [6, 6.07) is 22.0. The second-order valence-corrected chi connectivity index (χ2v) is 14.7. The van der Waals surface area contributed by atoms with Crippen LogP contribution in [0.15, 0.2) is 94.4 Å². The van der Waals surface area contributed by atoms with E-state index in [9.17, 15) is 14.7 Å². The van der Waals surface area contributed by atoms with Crippen molar-refractivity contribution in [2.75, 3.05) is 13.7 Å². The normalized spacial score (nSPS) is 34.2. The van der Waals surface area contributed by atoms with Gasteiger partial charge in [-0.15, -0.1) is 0 Å². The molecule has 1 saturated heterocycles. The van der Waals surface area contributed by atoms with E-state index in [1.54, 1.807) is 54.9 Å². The highest BCUT2D eigenvalue weighted by molar-refractivity contribution is 5.92. The molecule has 4 heterocycles. The number of aliphatic hydroxyl groups excluding tert-OH is 1. The molecule has 9 atom stereocenters. The smallest absolute Gasteiger partial charge is 0.345 e. The average Bonchev–Trinajstić information content (AvgIpc) is 3.12. The lowest BCUT2D eigenvalue weighted by molar-refractivity contribution is -0.330. The standard InChI is InChI=1S/C40H41NO9/c1-38-17-16-30-39(2,22-46-37(49-30)23-11-6-5-7-12-23)29(38)20-31(48-35(43)25-14-8-9-15-26(25)45-4)40(3)34(38)33(42)32-28(50-40)19-27(47-36(32)44)24-13-10-18-41-21-24/h5-15,18-19,21,29-31,33-34,37,42H,16-17,20,22H2,1-4H3/t29?,30-,31-,33-,34?,37?,38-,39-,40+/m0/s1. The number of esters is 1. The second-order valence-electron chi connectivity index (χ2n) is 14.7. The number of pyridine rings is 1. The van der Waals surface area contributed by atoms with Crippen LogP contribution in [-0.4, -0.2) is 47.6 Å². The number of hydrogen-bond donors (Lipinski definition) is 1. The number of ether oxygens (including phenoxy) is 5. The Morgan fingerprint density at radius 2 is 1.78 bits per heavy atom. The van der Waals surface area contributed by atoms with Gasteiger partial charge in [0.1, 0.15) is 40.1 Å². The van der Waals surface area contributed by atoms with Gasteiger partial charge < -0.3 is 33.2 Å². The van der Waals surface area contributed by atoms with E-state index < -0.39 is 52.4 Å². The molecular weight excluding hydrogens is 638 g/mol. The molecule has 0 spiro atoms. The van der Waals surface area contributed by atoms with Crippen LogP contribution in [0, 0.1) is 22.7 Å². The molecular formula is C40H41NO9. The number of aliphatic hydroxyl groups is 1. The third-order valence-electron chi connectivity index (χ3n) is 12.0. The summed E-state index contributed by atoms with van der Waals surface area (Å²) < 4.78 is 37.8. The first-order valence-corrected chi connectivity index (χ1v) is 17.2. The summed E-state index contributed by atoms with van der Waals surface area (Å²) in [5.74, 6) is -0.535. The first kappa shape index (κ1) is 32.7. The Bertz CT molecular complexity index is 1970. The molecule has 0 amide bonds. The van der Waals surface area contributed by atoms with Crippen molar-refractivity contribution in [3.8, 4) is 22.8 Å². The number of para-hydroxylation sites is 1. The summed E-state index contributed by atoms with van der Waals surface area (Å²) in [5, 5.41) is 12.4. The molecule has 4 aromatic rings. The van der Waals surface area contributed by atoms with E-state index in [1.807, 2.05) is 37.3 Å². The lowest BCUT2D eigenvalue weighted by Gasteiger charge is -2.67. The highest BCUT2D eigenvalue weighted by Gasteiger charge is 2.71. The Morgan fingerprint density at radius 1 is 1.00 bits per heavy atom. The zero-order chi connectivity index (χ0) is 34.8. The van der Waals surface area contributed by atoms with Gasteiger partial charge in [0.25, 0.3) is 0 Å². The molecule has 2 aromatic carbocycles. The molecule has 2 aromatic heterocycles. The monoisotopic (exact) mass is 679 g/mol. The van der Waals surface area contributed by atoms with E-state index in [4.69, 9.17) is 28.1 Å². The molecule has 2 saturated carbocycles. The highest BCUT2D eigenvalue weighted by Crippen LogP contribution is 2.68. The Kier molecular flexibility index (Phi) is 7.89. The van der Waals surface area contributed by atoms with E-state index in [-0.39, 0.29) is 34.7 Å². The van der Waals surface area contributed by atoms with Gasteiger partial charge in [-0.2, -0.15) is 0 Å². The van der Waals surface area contributed by atoms with Crippen LogP contribution in [0.2, 0.25) is 0 Å². The number of rotatable bonds is 5. The van der Waals surface area contributed by atoms with Crippen molar-refractivity contribution in [3.05, 3.63) is 112 Å². The number of carbonyl (C=O) groups is 1. The fourth-order valence-electron chi connectivity index (χ4n) is 9.64. The van der Waals surface area contributed by atoms with Crippen molar-refractivity contribution in [1.29, 1.82) is 0 Å². The number of benzene rings is 2. The van der Waals surface area contributed by atoms with Crippen LogP contribution >= 0.6 is 0 Å². The predicted molar refractivity (Wildman–Crippen MR) is 181 cm³/mol. The molecule has 2 aliphatic heterocycles. The molecule has 10 nitrogen and oxygen atoms in total. The number of carbonyl (C=O) groups excluding carboxylic acids is 1. The second kappa shape index (κ2) is 12.1. The van der Waals surface area contributed by atoms with Gasteiger partial charge in [0.2, 0.25) is 0 Å². The van der Waals surface area contributed by atoms with Gasteiger partial charge in [-0.25, -0.2) is 9.59 Å². The summed E-state index contributed by atoms with van der Waals surface area (Å²) >= 11 is 0. The van der Waals surface area contributed by atoms with E-state index >= 15 is 0 Å². The highest BCUT2D eigenvalue weighted by atomic mass is 16.7. The molecule has 3 fully saturated rings. The predicted octanol–water partition coefficient (Wildman–Crippen LogP) is 6.68. The lowest BCUT2D eigenvalue weighted by Crippen LogP contribution is -2.71. The first-order chi connectivity index (χ1) is 24.1. The molecule has 50 heavy (non-hydrogen) atoms. The van der Waals surface area contributed by atoms with Crippen molar-refractivity contribution >= 4 is 5.97 Å². The first-order valence-electron chi connectivity index (χ1n) is 17.2. The van der Waals surface area contributed by atoms with Gasteiger partial charge in [-0.05, 0) is 61.8 Å². The van der Waals surface area contributed by atoms with Crippen LogP contribution in [0.4, 0.5) is 0 Å². The fourth-order valence-corrected chi connectivity index (χ4v) is 9.64. The van der Waals surface area contributed by atoms with Gasteiger partial charge >= 0.3 is 11.6 Å². The molecule has 3 unspecified atom stereocenters. The minimum atomic E-state index is -1.27. The maximum atomic E-state index is 14.0. The molecule has 10 heteroatoms. The van der Waals surface area contributed by atoms with Crippen molar-refractivity contribution < 1.29 is 38.0 Å². The third-order valence-corrected chi connectivity index (χ3v) is 12.0. The lowest BCUT2D eigenvalue weighted by atomic mass is 9.42. The van der Waals surface area contributed by atoms with Gasteiger partial charge in [0.15, 0.2) is 6.29 Å². The molecule has 0 bridgehead atoms. The third kappa shape index (κ3) is 4.99. The number of aromatic nitrogens is 1. The van der Waals surface area contributed by atoms with E-state index in [0.717, 1.165) is 5.56 Å². The van der Waals surface area contributed by atoms with Gasteiger partial charge in [-0.1, -0.05) is 56.3 Å². The minimum absolute atomic E-state index is 0.0596. The van der Waals surface area contributed by atoms with Crippen LogP contribution < -0.4 is 15.1 Å². The van der Waals surface area contributed by atoms with Crippen molar-refractivity contribution in [1.82, 2.24) is 4.98 Å². The maximum Gasteiger partial charge on any atom is 0.345 e. The van der Waals surface area contributed by atoms with E-state index in [2.05, 4.69) is 18.8 Å². The molecule has 1 N–H and O–H groups in total. The summed E-state index contributed by atoms with van der Waals surface area (Å²) in [7, 11) is 1.51. The van der Waals surface area contributed by atoms with E-state index in [1.165, 1.54) is 7.11 Å². The fraction of sp³-hybridized carbons (Fsp3) is 0.425. The Balaban J connectivity index is 1.22. The van der Waals surface area contributed by atoms with Crippen LogP contribution in [-0.2, 0) is 14.2 Å². The summed E-state index contributed by atoms with van der Waals surface area (Å²) in [6.07, 6.45) is 2.27. The van der Waals surface area contributed by atoms with Crippen LogP contribution in [0.25, 0.3) is 11.3 Å². The zero-order valence-corrected chi connectivity index (χ0v) is 28.5.